The molecule has 0 spiro atoms. The number of benzene rings is 3. The summed E-state index contributed by atoms with van der Waals surface area (Å²) in [6, 6.07) is 20.2. The molecule has 0 unspecified atom stereocenters. The summed E-state index contributed by atoms with van der Waals surface area (Å²) in [7, 11) is 0. The predicted octanol–water partition coefficient (Wildman–Crippen LogP) is 5.26. The van der Waals surface area contributed by atoms with E-state index >= 15 is 0 Å². The second-order valence-electron chi connectivity index (χ2n) is 7.46. The van der Waals surface area contributed by atoms with Gasteiger partial charge in [-0.15, -0.1) is 0 Å². The summed E-state index contributed by atoms with van der Waals surface area (Å²) in [5.41, 5.74) is 9.19. The van der Waals surface area contributed by atoms with Gasteiger partial charge in [-0.3, -0.25) is 9.59 Å². The number of nitrogens with one attached hydrogen (secondary N) is 1. The topological polar surface area (TPSA) is 81.4 Å². The number of amides is 2. The maximum atomic E-state index is 12.7. The van der Waals surface area contributed by atoms with Crippen LogP contribution in [0.2, 0.25) is 5.02 Å². The van der Waals surface area contributed by atoms with Gasteiger partial charge in [0.15, 0.2) is 0 Å². The smallest absolute Gasteiger partial charge is 0.255 e. The molecule has 3 aromatic rings. The van der Waals surface area contributed by atoms with E-state index in [4.69, 9.17) is 22.1 Å². The van der Waals surface area contributed by atoms with Gasteiger partial charge >= 0.3 is 0 Å². The van der Waals surface area contributed by atoms with Crippen molar-refractivity contribution in [3.63, 3.8) is 0 Å². The molecule has 32 heavy (non-hydrogen) atoms. The van der Waals surface area contributed by atoms with Gasteiger partial charge in [0.2, 0.25) is 5.91 Å². The Balaban J connectivity index is 1.61. The van der Waals surface area contributed by atoms with Crippen LogP contribution in [0.4, 0.5) is 0 Å². The van der Waals surface area contributed by atoms with E-state index in [2.05, 4.69) is 12.2 Å². The minimum atomic E-state index is -0.452. The van der Waals surface area contributed by atoms with E-state index in [9.17, 15) is 9.59 Å². The Kier molecular flexibility index (Phi) is 8.28. The zero-order valence-electron chi connectivity index (χ0n) is 18.1. The van der Waals surface area contributed by atoms with Crippen molar-refractivity contribution in [3.8, 4) is 16.9 Å². The summed E-state index contributed by atoms with van der Waals surface area (Å²) < 4.78 is 5.75. The molecule has 0 heterocycles. The SMILES string of the molecule is CCCCOc1ccc(Cl)cc1C(=O)NCCc1ccc(-c2ccccc2C(N)=O)cc1. The third-order valence-corrected chi connectivity index (χ3v) is 5.33. The van der Waals surface area contributed by atoms with Gasteiger partial charge in [0.1, 0.15) is 5.75 Å². The highest BCUT2D eigenvalue weighted by molar-refractivity contribution is 6.31. The molecule has 0 radical (unpaired) electrons. The predicted molar refractivity (Wildman–Crippen MR) is 128 cm³/mol. The molecule has 6 heteroatoms. The van der Waals surface area contributed by atoms with E-state index in [1.807, 2.05) is 36.4 Å². The average molecular weight is 451 g/mol. The number of carbonyl (C=O) groups excluding carboxylic acids is 2. The number of hydrogen-bond donors (Lipinski definition) is 2. The van der Waals surface area contributed by atoms with Gasteiger partial charge in [0.05, 0.1) is 12.2 Å². The zero-order chi connectivity index (χ0) is 22.9. The highest BCUT2D eigenvalue weighted by Crippen LogP contribution is 2.25. The lowest BCUT2D eigenvalue weighted by Crippen LogP contribution is -2.26. The Morgan fingerprint density at radius 3 is 2.47 bits per heavy atom. The van der Waals surface area contributed by atoms with E-state index in [1.54, 1.807) is 30.3 Å². The molecular weight excluding hydrogens is 424 g/mol. The minimum absolute atomic E-state index is 0.217. The average Bonchev–Trinajstić information content (AvgIpc) is 2.80. The fourth-order valence-corrected chi connectivity index (χ4v) is 3.52. The van der Waals surface area contributed by atoms with Crippen molar-refractivity contribution in [2.45, 2.75) is 26.2 Å². The van der Waals surface area contributed by atoms with E-state index in [-0.39, 0.29) is 5.91 Å². The highest BCUT2D eigenvalue weighted by atomic mass is 35.5. The number of rotatable bonds is 10. The monoisotopic (exact) mass is 450 g/mol. The fraction of sp³-hybridized carbons (Fsp3) is 0.231. The number of primary amides is 1. The van der Waals surface area contributed by atoms with E-state index < -0.39 is 5.91 Å². The third kappa shape index (κ3) is 6.11. The molecule has 0 aliphatic rings. The van der Waals surface area contributed by atoms with E-state index in [0.717, 1.165) is 29.5 Å². The molecule has 0 aromatic heterocycles. The Morgan fingerprint density at radius 1 is 1.00 bits per heavy atom. The number of hydrogen-bond acceptors (Lipinski definition) is 3. The number of carbonyl (C=O) groups is 2. The summed E-state index contributed by atoms with van der Waals surface area (Å²) in [6.07, 6.45) is 2.60. The second-order valence-corrected chi connectivity index (χ2v) is 7.89. The zero-order valence-corrected chi connectivity index (χ0v) is 18.8. The maximum Gasteiger partial charge on any atom is 0.255 e. The number of ether oxygens (including phenoxy) is 1. The maximum absolute atomic E-state index is 12.7. The van der Waals surface area contributed by atoms with Crippen LogP contribution in [0.15, 0.2) is 66.7 Å². The lowest BCUT2D eigenvalue weighted by molar-refractivity contribution is 0.0948. The standard InChI is InChI=1S/C26H27ClN2O3/c1-2-3-16-32-24-13-12-20(27)17-23(24)26(31)29-15-14-18-8-10-19(11-9-18)21-6-4-5-7-22(21)25(28)30/h4-13,17H,2-3,14-16H2,1H3,(H2,28,30)(H,29,31). The summed E-state index contributed by atoms with van der Waals surface area (Å²) >= 11 is 6.08. The lowest BCUT2D eigenvalue weighted by atomic mass is 9.98. The molecule has 0 saturated heterocycles. The van der Waals surface area contributed by atoms with Crippen molar-refractivity contribution >= 4 is 23.4 Å². The quantitative estimate of drug-likeness (QED) is 0.413. The molecule has 3 aromatic carbocycles. The lowest BCUT2D eigenvalue weighted by Gasteiger charge is -2.12. The van der Waals surface area contributed by atoms with Crippen molar-refractivity contribution < 1.29 is 14.3 Å². The molecule has 3 rings (SSSR count). The van der Waals surface area contributed by atoms with Crippen LogP contribution in [0, 0.1) is 0 Å². The largest absolute Gasteiger partial charge is 0.493 e. The van der Waals surface area contributed by atoms with Crippen LogP contribution in [0.25, 0.3) is 11.1 Å². The normalized spacial score (nSPS) is 10.6. The number of halogens is 1. The first-order chi connectivity index (χ1) is 15.5. The fourth-order valence-electron chi connectivity index (χ4n) is 3.35. The van der Waals surface area contributed by atoms with Gasteiger partial charge < -0.3 is 15.8 Å². The third-order valence-electron chi connectivity index (χ3n) is 5.10. The molecule has 5 nitrogen and oxygen atoms in total. The van der Waals surface area contributed by atoms with Crippen molar-refractivity contribution in [1.82, 2.24) is 5.32 Å². The van der Waals surface area contributed by atoms with Crippen LogP contribution in [0.1, 0.15) is 46.0 Å². The molecule has 0 fully saturated rings. The van der Waals surface area contributed by atoms with Crippen molar-refractivity contribution in [2.24, 2.45) is 5.73 Å². The van der Waals surface area contributed by atoms with Gasteiger partial charge in [-0.2, -0.15) is 0 Å². The molecule has 0 saturated carbocycles. The van der Waals surface area contributed by atoms with Gasteiger partial charge in [-0.1, -0.05) is 67.4 Å². The summed E-state index contributed by atoms with van der Waals surface area (Å²) in [6.45, 7) is 3.11. The van der Waals surface area contributed by atoms with Crippen LogP contribution in [0.5, 0.6) is 5.75 Å². The van der Waals surface area contributed by atoms with Crippen LogP contribution < -0.4 is 15.8 Å². The van der Waals surface area contributed by atoms with Gasteiger partial charge in [0.25, 0.3) is 5.91 Å². The first-order valence-corrected chi connectivity index (χ1v) is 11.1. The molecule has 3 N–H and O–H groups in total. The summed E-state index contributed by atoms with van der Waals surface area (Å²) in [4.78, 5) is 24.4. The van der Waals surface area contributed by atoms with E-state index in [0.29, 0.717) is 41.5 Å². The molecule has 0 aliphatic heterocycles. The van der Waals surface area contributed by atoms with Gasteiger partial charge in [0, 0.05) is 17.1 Å². The van der Waals surface area contributed by atoms with Crippen LogP contribution in [-0.2, 0) is 6.42 Å². The van der Waals surface area contributed by atoms with Crippen LogP contribution >= 0.6 is 11.6 Å². The number of unbranched alkanes of at least 4 members (excludes halogenated alkanes) is 1. The van der Waals surface area contributed by atoms with Crippen molar-refractivity contribution in [3.05, 3.63) is 88.4 Å². The summed E-state index contributed by atoms with van der Waals surface area (Å²) in [5.74, 6) is -0.129. The van der Waals surface area contributed by atoms with Crippen LogP contribution in [-0.4, -0.2) is 25.0 Å². The first kappa shape index (κ1) is 23.4. The Morgan fingerprint density at radius 2 is 1.75 bits per heavy atom. The van der Waals surface area contributed by atoms with Gasteiger partial charge in [-0.05, 0) is 53.8 Å². The molecule has 166 valence electrons. The summed E-state index contributed by atoms with van der Waals surface area (Å²) in [5, 5.41) is 3.43. The first-order valence-electron chi connectivity index (χ1n) is 10.7. The second kappa shape index (κ2) is 11.3. The van der Waals surface area contributed by atoms with Crippen LogP contribution in [0.3, 0.4) is 0 Å². The van der Waals surface area contributed by atoms with Gasteiger partial charge in [-0.25, -0.2) is 0 Å². The molecule has 0 atom stereocenters. The Labute approximate surface area is 193 Å². The number of nitrogens with two attached hydrogens (primary N) is 1. The van der Waals surface area contributed by atoms with E-state index in [1.165, 1.54) is 0 Å². The minimum Gasteiger partial charge on any atom is -0.493 e. The van der Waals surface area contributed by atoms with Crippen molar-refractivity contribution in [1.29, 1.82) is 0 Å². The van der Waals surface area contributed by atoms with Crippen molar-refractivity contribution in [2.75, 3.05) is 13.2 Å². The Hall–Kier alpha value is -3.31. The molecule has 2 amide bonds. The molecule has 0 bridgehead atoms. The highest BCUT2D eigenvalue weighted by Gasteiger charge is 2.13. The molecule has 0 aliphatic carbocycles. The molecular formula is C26H27ClN2O3. The Bertz CT molecular complexity index is 1080.